The molecule has 0 aliphatic heterocycles. The van der Waals surface area contributed by atoms with E-state index in [0.29, 0.717) is 24.5 Å². The maximum Gasteiger partial charge on any atom is 0.369 e. The van der Waals surface area contributed by atoms with Crippen LogP contribution in [0.15, 0.2) is 40.9 Å². The number of nitrogens with one attached hydrogen (secondary N) is 1. The molecule has 1 N–H and O–H groups in total. The van der Waals surface area contributed by atoms with Gasteiger partial charge in [0.1, 0.15) is 0 Å². The van der Waals surface area contributed by atoms with Gasteiger partial charge in [-0.3, -0.25) is 4.79 Å². The molecule has 0 spiro atoms. The summed E-state index contributed by atoms with van der Waals surface area (Å²) >= 11 is 0.980. The van der Waals surface area contributed by atoms with Crippen molar-refractivity contribution in [2.75, 3.05) is 11.9 Å². The highest BCUT2D eigenvalue weighted by Crippen LogP contribution is 2.21. The monoisotopic (exact) mass is 386 g/mol. The molecule has 0 bridgehead atoms. The van der Waals surface area contributed by atoms with E-state index in [0.717, 1.165) is 16.9 Å². The standard InChI is InChI=1S/C18H18N4O4S/c1-2-25-17(24)16-21-22-18(27-16)20-14(23)9-6-10-15-19-11-13(26-15)12-7-4-3-5-8-12/h3-5,7-8,11H,2,6,9-10H2,1H3,(H,20,22,23). The minimum Gasteiger partial charge on any atom is -0.461 e. The van der Waals surface area contributed by atoms with Crippen molar-refractivity contribution in [1.29, 1.82) is 0 Å². The Morgan fingerprint density at radius 2 is 2.04 bits per heavy atom. The molecule has 140 valence electrons. The minimum absolute atomic E-state index is 0.111. The Balaban J connectivity index is 1.45. The second-order valence-electron chi connectivity index (χ2n) is 5.52. The van der Waals surface area contributed by atoms with Gasteiger partial charge >= 0.3 is 5.97 Å². The van der Waals surface area contributed by atoms with Gasteiger partial charge in [0.05, 0.1) is 12.8 Å². The number of aromatic nitrogens is 3. The second-order valence-corrected chi connectivity index (χ2v) is 6.50. The molecule has 27 heavy (non-hydrogen) atoms. The molecule has 0 saturated carbocycles. The van der Waals surface area contributed by atoms with E-state index in [1.807, 2.05) is 30.3 Å². The zero-order valence-corrected chi connectivity index (χ0v) is 15.5. The van der Waals surface area contributed by atoms with Gasteiger partial charge in [0.2, 0.25) is 16.0 Å². The fraction of sp³-hybridized carbons (Fsp3) is 0.278. The van der Waals surface area contributed by atoms with E-state index in [2.05, 4.69) is 20.5 Å². The third kappa shape index (κ3) is 5.20. The number of hydrogen-bond donors (Lipinski definition) is 1. The molecule has 1 aromatic carbocycles. The lowest BCUT2D eigenvalue weighted by Gasteiger charge is -2.00. The number of rotatable bonds is 8. The summed E-state index contributed by atoms with van der Waals surface area (Å²) in [5, 5.41) is 10.5. The molecule has 9 heteroatoms. The topological polar surface area (TPSA) is 107 Å². The Labute approximate surface area is 159 Å². The lowest BCUT2D eigenvalue weighted by atomic mass is 10.2. The summed E-state index contributed by atoms with van der Waals surface area (Å²) in [5.41, 5.74) is 0.961. The summed E-state index contributed by atoms with van der Waals surface area (Å²) in [7, 11) is 0. The first kappa shape index (κ1) is 18.7. The van der Waals surface area contributed by atoms with Gasteiger partial charge < -0.3 is 14.5 Å². The molecule has 2 heterocycles. The van der Waals surface area contributed by atoms with Crippen molar-refractivity contribution in [2.45, 2.75) is 26.2 Å². The Hall–Kier alpha value is -3.07. The van der Waals surface area contributed by atoms with Gasteiger partial charge in [0, 0.05) is 18.4 Å². The highest BCUT2D eigenvalue weighted by molar-refractivity contribution is 7.17. The van der Waals surface area contributed by atoms with Crippen LogP contribution >= 0.6 is 11.3 Å². The van der Waals surface area contributed by atoms with Crippen LogP contribution in [-0.2, 0) is 16.0 Å². The first-order valence-corrected chi connectivity index (χ1v) is 9.28. The van der Waals surface area contributed by atoms with Gasteiger partial charge in [0.25, 0.3) is 0 Å². The molecular formula is C18H18N4O4S. The summed E-state index contributed by atoms with van der Waals surface area (Å²) in [6.07, 6.45) is 3.08. The first-order chi connectivity index (χ1) is 13.2. The van der Waals surface area contributed by atoms with E-state index < -0.39 is 5.97 Å². The Kier molecular flexibility index (Phi) is 6.26. The van der Waals surface area contributed by atoms with Crippen LogP contribution in [0.3, 0.4) is 0 Å². The highest BCUT2D eigenvalue weighted by atomic mass is 32.1. The number of carbonyl (C=O) groups is 2. The van der Waals surface area contributed by atoms with E-state index in [9.17, 15) is 9.59 Å². The molecule has 0 atom stereocenters. The van der Waals surface area contributed by atoms with Crippen LogP contribution in [0.2, 0.25) is 0 Å². The smallest absolute Gasteiger partial charge is 0.369 e. The van der Waals surface area contributed by atoms with Crippen LogP contribution in [0.5, 0.6) is 0 Å². The fourth-order valence-corrected chi connectivity index (χ4v) is 2.95. The molecule has 0 fully saturated rings. The number of amides is 1. The fourth-order valence-electron chi connectivity index (χ4n) is 2.29. The SMILES string of the molecule is CCOC(=O)c1nnc(NC(=O)CCCc2ncc(-c3ccccc3)o2)s1. The van der Waals surface area contributed by atoms with E-state index in [1.165, 1.54) is 0 Å². The normalized spacial score (nSPS) is 10.6. The van der Waals surface area contributed by atoms with Crippen LogP contribution in [0.25, 0.3) is 11.3 Å². The maximum atomic E-state index is 12.0. The molecule has 3 rings (SSSR count). The maximum absolute atomic E-state index is 12.0. The number of esters is 1. The Bertz CT molecular complexity index is 907. The molecule has 2 aromatic heterocycles. The summed E-state index contributed by atoms with van der Waals surface area (Å²) in [6, 6.07) is 9.70. The van der Waals surface area contributed by atoms with Gasteiger partial charge in [-0.05, 0) is 13.3 Å². The number of oxazole rings is 1. The molecular weight excluding hydrogens is 368 g/mol. The summed E-state index contributed by atoms with van der Waals surface area (Å²) in [6.45, 7) is 1.96. The molecule has 0 aliphatic carbocycles. The van der Waals surface area contributed by atoms with Crippen LogP contribution < -0.4 is 5.32 Å². The number of anilines is 1. The highest BCUT2D eigenvalue weighted by Gasteiger charge is 2.15. The number of aryl methyl sites for hydroxylation is 1. The number of benzene rings is 1. The van der Waals surface area contributed by atoms with Crippen LogP contribution in [0.4, 0.5) is 5.13 Å². The van der Waals surface area contributed by atoms with Crippen LogP contribution in [0.1, 0.15) is 35.5 Å². The van der Waals surface area contributed by atoms with Crippen molar-refractivity contribution < 1.29 is 18.7 Å². The van der Waals surface area contributed by atoms with Crippen molar-refractivity contribution in [3.8, 4) is 11.3 Å². The van der Waals surface area contributed by atoms with Gasteiger partial charge in [-0.2, -0.15) is 0 Å². The lowest BCUT2D eigenvalue weighted by Crippen LogP contribution is -2.11. The zero-order chi connectivity index (χ0) is 19.1. The van der Waals surface area contributed by atoms with Crippen molar-refractivity contribution in [2.24, 2.45) is 0 Å². The average molecular weight is 386 g/mol. The van der Waals surface area contributed by atoms with Gasteiger partial charge in [-0.1, -0.05) is 41.7 Å². The predicted molar refractivity (Wildman–Crippen MR) is 99.4 cm³/mol. The zero-order valence-electron chi connectivity index (χ0n) is 14.7. The van der Waals surface area contributed by atoms with E-state index in [4.69, 9.17) is 9.15 Å². The quantitative estimate of drug-likeness (QED) is 0.592. The minimum atomic E-state index is -0.548. The molecule has 0 saturated heterocycles. The third-order valence-electron chi connectivity index (χ3n) is 3.53. The first-order valence-electron chi connectivity index (χ1n) is 8.46. The van der Waals surface area contributed by atoms with Gasteiger partial charge in [-0.25, -0.2) is 9.78 Å². The third-order valence-corrected chi connectivity index (χ3v) is 4.35. The van der Waals surface area contributed by atoms with Crippen molar-refractivity contribution in [3.63, 3.8) is 0 Å². The molecule has 8 nitrogen and oxygen atoms in total. The van der Waals surface area contributed by atoms with E-state index in [1.54, 1.807) is 13.1 Å². The van der Waals surface area contributed by atoms with Gasteiger partial charge in [-0.15, -0.1) is 10.2 Å². The summed E-state index contributed by atoms with van der Waals surface area (Å²) in [5.74, 6) is 0.530. The number of hydrogen-bond acceptors (Lipinski definition) is 8. The van der Waals surface area contributed by atoms with E-state index >= 15 is 0 Å². The number of carbonyl (C=O) groups excluding carboxylic acids is 2. The Morgan fingerprint density at radius 1 is 1.22 bits per heavy atom. The summed E-state index contributed by atoms with van der Waals surface area (Å²) in [4.78, 5) is 27.8. The number of ether oxygens (including phenoxy) is 1. The summed E-state index contributed by atoms with van der Waals surface area (Å²) < 4.78 is 10.5. The van der Waals surface area contributed by atoms with Crippen molar-refractivity contribution >= 4 is 28.3 Å². The molecule has 0 radical (unpaired) electrons. The van der Waals surface area contributed by atoms with E-state index in [-0.39, 0.29) is 29.1 Å². The van der Waals surface area contributed by atoms with Crippen molar-refractivity contribution in [3.05, 3.63) is 47.4 Å². The molecule has 0 unspecified atom stereocenters. The molecule has 1 amide bonds. The molecule has 0 aliphatic rings. The van der Waals surface area contributed by atoms with Crippen LogP contribution in [0, 0.1) is 0 Å². The second kappa shape index (κ2) is 9.04. The molecule has 3 aromatic rings. The number of nitrogens with zero attached hydrogens (tertiary/aromatic N) is 3. The average Bonchev–Trinajstić information content (AvgIpc) is 3.32. The Morgan fingerprint density at radius 3 is 2.81 bits per heavy atom. The lowest BCUT2D eigenvalue weighted by molar-refractivity contribution is -0.116. The largest absolute Gasteiger partial charge is 0.461 e. The van der Waals surface area contributed by atoms with Crippen LogP contribution in [-0.4, -0.2) is 33.7 Å². The predicted octanol–water partition coefficient (Wildman–Crippen LogP) is 3.33. The van der Waals surface area contributed by atoms with Gasteiger partial charge in [0.15, 0.2) is 11.7 Å². The van der Waals surface area contributed by atoms with Crippen molar-refractivity contribution in [1.82, 2.24) is 15.2 Å².